The van der Waals surface area contributed by atoms with Crippen molar-refractivity contribution in [2.24, 2.45) is 0 Å². The maximum atomic E-state index is 13.6. The van der Waals surface area contributed by atoms with Crippen molar-refractivity contribution in [1.82, 2.24) is 0 Å². The van der Waals surface area contributed by atoms with Gasteiger partial charge in [-0.2, -0.15) is 0 Å². The number of carbonyl (C=O) groups excluding carboxylic acids is 1. The number of hydrogen-bond donors (Lipinski definition) is 0. The van der Waals surface area contributed by atoms with E-state index in [4.69, 9.17) is 27.6 Å². The molecule has 31 heavy (non-hydrogen) atoms. The van der Waals surface area contributed by atoms with Gasteiger partial charge in [-0.25, -0.2) is 0 Å². The molecule has 0 saturated heterocycles. The Morgan fingerprint density at radius 1 is 0.871 bits per heavy atom. The van der Waals surface area contributed by atoms with E-state index in [0.717, 1.165) is 16.7 Å². The van der Waals surface area contributed by atoms with Crippen LogP contribution in [0.15, 0.2) is 69.9 Å². The highest BCUT2D eigenvalue weighted by Gasteiger charge is 2.43. The van der Waals surface area contributed by atoms with Crippen LogP contribution in [0, 0.1) is 13.8 Å². The quantitative estimate of drug-likeness (QED) is 0.352. The fourth-order valence-electron chi connectivity index (χ4n) is 4.08. The normalized spacial score (nSPS) is 15.5. The van der Waals surface area contributed by atoms with Gasteiger partial charge >= 0.3 is 0 Å². The molecule has 1 amide bonds. The van der Waals surface area contributed by atoms with E-state index in [0.29, 0.717) is 32.3 Å². The van der Waals surface area contributed by atoms with Gasteiger partial charge in [-0.1, -0.05) is 41.4 Å². The van der Waals surface area contributed by atoms with Crippen molar-refractivity contribution in [1.29, 1.82) is 0 Å². The molecule has 1 aliphatic rings. The summed E-state index contributed by atoms with van der Waals surface area (Å²) in [6, 6.07) is 17.1. The lowest BCUT2D eigenvalue weighted by molar-refractivity contribution is 0.0971. The van der Waals surface area contributed by atoms with Crippen LogP contribution in [0.3, 0.4) is 0 Å². The van der Waals surface area contributed by atoms with Gasteiger partial charge in [-0.15, -0.1) is 0 Å². The van der Waals surface area contributed by atoms with Gasteiger partial charge in [0.15, 0.2) is 5.43 Å². The number of nitrogens with zero attached hydrogens (tertiary/aromatic N) is 1. The maximum absolute atomic E-state index is 13.6. The van der Waals surface area contributed by atoms with Gasteiger partial charge in [-0.3, -0.25) is 14.5 Å². The van der Waals surface area contributed by atoms with Crippen molar-refractivity contribution in [3.63, 3.8) is 0 Å². The van der Waals surface area contributed by atoms with Crippen molar-refractivity contribution in [2.45, 2.75) is 19.9 Å². The molecule has 2 heterocycles. The minimum Gasteiger partial charge on any atom is -0.450 e. The highest BCUT2D eigenvalue weighted by atomic mass is 35.5. The number of benzene rings is 3. The first-order chi connectivity index (χ1) is 14.8. The number of carbonyl (C=O) groups is 1. The van der Waals surface area contributed by atoms with Gasteiger partial charge < -0.3 is 4.42 Å². The summed E-state index contributed by atoms with van der Waals surface area (Å²) in [5, 5.41) is 1.52. The molecule has 3 aromatic carbocycles. The smallest absolute Gasteiger partial charge is 0.295 e. The lowest BCUT2D eigenvalue weighted by atomic mass is 9.97. The number of halogens is 2. The molecule has 6 heteroatoms. The number of fused-ring (bicyclic) bond motifs is 2. The lowest BCUT2D eigenvalue weighted by Crippen LogP contribution is -2.29. The molecule has 0 radical (unpaired) electrons. The third-order valence-electron chi connectivity index (χ3n) is 5.76. The molecule has 0 saturated carbocycles. The molecule has 0 fully saturated rings. The van der Waals surface area contributed by atoms with E-state index < -0.39 is 6.04 Å². The minimum atomic E-state index is -0.652. The zero-order chi connectivity index (χ0) is 21.9. The Hall–Kier alpha value is -3.08. The van der Waals surface area contributed by atoms with Crippen molar-refractivity contribution in [3.8, 4) is 0 Å². The Morgan fingerprint density at radius 3 is 2.29 bits per heavy atom. The van der Waals surface area contributed by atoms with Crippen LogP contribution in [0.5, 0.6) is 0 Å². The van der Waals surface area contributed by atoms with Gasteiger partial charge in [0.2, 0.25) is 5.76 Å². The Balaban J connectivity index is 1.83. The first-order valence-corrected chi connectivity index (χ1v) is 10.5. The summed E-state index contributed by atoms with van der Waals surface area (Å²) in [4.78, 5) is 28.7. The molecule has 0 spiro atoms. The maximum Gasteiger partial charge on any atom is 0.295 e. The summed E-state index contributed by atoms with van der Waals surface area (Å²) in [7, 11) is 0. The molecule has 5 rings (SSSR count). The predicted octanol–water partition coefficient (Wildman–Crippen LogP) is 6.47. The summed E-state index contributed by atoms with van der Waals surface area (Å²) < 4.78 is 6.04. The second-order valence-corrected chi connectivity index (χ2v) is 8.59. The molecule has 1 aliphatic heterocycles. The summed E-state index contributed by atoms with van der Waals surface area (Å²) in [6.07, 6.45) is 0. The largest absolute Gasteiger partial charge is 0.450 e. The summed E-state index contributed by atoms with van der Waals surface area (Å²) in [5.74, 6) is -0.324. The van der Waals surface area contributed by atoms with Crippen LogP contribution in [0.25, 0.3) is 11.0 Å². The Kier molecular flexibility index (Phi) is 4.65. The zero-order valence-electron chi connectivity index (χ0n) is 16.8. The SMILES string of the molecule is Cc1cc2oc3c(c(=O)c2cc1C)C(c1ccc(Cl)cc1)N(c1cccc(Cl)c1)C3=O. The average Bonchev–Trinajstić information content (AvgIpc) is 3.03. The number of rotatable bonds is 2. The van der Waals surface area contributed by atoms with E-state index in [1.165, 1.54) is 0 Å². The van der Waals surface area contributed by atoms with Crippen LogP contribution in [0.4, 0.5) is 5.69 Å². The predicted molar refractivity (Wildman–Crippen MR) is 124 cm³/mol. The second kappa shape index (κ2) is 7.26. The number of anilines is 1. The third kappa shape index (κ3) is 3.14. The Labute approximate surface area is 188 Å². The molecule has 0 N–H and O–H groups in total. The second-order valence-electron chi connectivity index (χ2n) is 7.72. The van der Waals surface area contributed by atoms with Crippen molar-refractivity contribution in [2.75, 3.05) is 4.90 Å². The average molecular weight is 450 g/mol. The van der Waals surface area contributed by atoms with Crippen molar-refractivity contribution < 1.29 is 9.21 Å². The summed E-state index contributed by atoms with van der Waals surface area (Å²) in [5.41, 5.74) is 3.83. The molecule has 1 atom stereocenters. The first kappa shape index (κ1) is 19.9. The molecule has 0 bridgehead atoms. The van der Waals surface area contributed by atoms with Gasteiger partial charge in [0.1, 0.15) is 5.58 Å². The molecular weight excluding hydrogens is 433 g/mol. The Morgan fingerprint density at radius 2 is 1.58 bits per heavy atom. The first-order valence-electron chi connectivity index (χ1n) is 9.77. The van der Waals surface area contributed by atoms with E-state index in [1.807, 2.05) is 32.0 Å². The molecule has 4 nitrogen and oxygen atoms in total. The number of aryl methyl sites for hydroxylation is 2. The molecule has 1 aromatic heterocycles. The van der Waals surface area contributed by atoms with Gasteiger partial charge in [0.25, 0.3) is 5.91 Å². The molecule has 0 aliphatic carbocycles. The van der Waals surface area contributed by atoms with E-state index in [9.17, 15) is 9.59 Å². The van der Waals surface area contributed by atoms with Crippen molar-refractivity contribution in [3.05, 3.63) is 109 Å². The monoisotopic (exact) mass is 449 g/mol. The highest BCUT2D eigenvalue weighted by Crippen LogP contribution is 2.42. The van der Waals surface area contributed by atoms with Gasteiger partial charge in [0.05, 0.1) is 17.0 Å². The molecular formula is C25H17Cl2NO3. The van der Waals surface area contributed by atoms with Gasteiger partial charge in [0, 0.05) is 15.7 Å². The fourth-order valence-corrected chi connectivity index (χ4v) is 4.39. The van der Waals surface area contributed by atoms with E-state index in [-0.39, 0.29) is 17.1 Å². The standard InChI is InChI=1S/C25H17Cl2NO3/c1-13-10-19-20(11-14(13)2)31-24-21(23(19)29)22(15-6-8-16(26)9-7-15)28(25(24)30)18-5-3-4-17(27)12-18/h3-12,22H,1-2H3. The third-order valence-corrected chi connectivity index (χ3v) is 6.25. The van der Waals surface area contributed by atoms with Crippen LogP contribution in [-0.4, -0.2) is 5.91 Å². The van der Waals surface area contributed by atoms with Crippen LogP contribution in [0.2, 0.25) is 10.0 Å². The van der Waals surface area contributed by atoms with Crippen LogP contribution >= 0.6 is 23.2 Å². The van der Waals surface area contributed by atoms with E-state index >= 15 is 0 Å². The molecule has 4 aromatic rings. The summed E-state index contributed by atoms with van der Waals surface area (Å²) >= 11 is 12.3. The molecule has 1 unspecified atom stereocenters. The van der Waals surface area contributed by atoms with E-state index in [1.54, 1.807) is 47.4 Å². The van der Waals surface area contributed by atoms with Crippen LogP contribution in [-0.2, 0) is 0 Å². The van der Waals surface area contributed by atoms with Crippen LogP contribution < -0.4 is 10.3 Å². The van der Waals surface area contributed by atoms with Crippen LogP contribution in [0.1, 0.15) is 38.9 Å². The minimum absolute atomic E-state index is 0.0562. The summed E-state index contributed by atoms with van der Waals surface area (Å²) in [6.45, 7) is 3.89. The van der Waals surface area contributed by atoms with E-state index in [2.05, 4.69) is 0 Å². The lowest BCUT2D eigenvalue weighted by Gasteiger charge is -2.25. The number of amides is 1. The topological polar surface area (TPSA) is 50.5 Å². The highest BCUT2D eigenvalue weighted by molar-refractivity contribution is 6.31. The number of hydrogen-bond acceptors (Lipinski definition) is 3. The Bertz CT molecular complexity index is 1420. The van der Waals surface area contributed by atoms with Crippen molar-refractivity contribution >= 4 is 45.8 Å². The zero-order valence-corrected chi connectivity index (χ0v) is 18.3. The molecule has 154 valence electrons. The fraction of sp³-hybridized carbons (Fsp3) is 0.120. The van der Waals surface area contributed by atoms with Gasteiger partial charge in [-0.05, 0) is 73.0 Å².